The van der Waals surface area contributed by atoms with Crippen LogP contribution < -0.4 is 16.0 Å². The van der Waals surface area contributed by atoms with Crippen molar-refractivity contribution in [3.63, 3.8) is 0 Å². The van der Waals surface area contributed by atoms with Crippen molar-refractivity contribution < 1.29 is 14.0 Å². The molecule has 5 nitrogen and oxygen atoms in total. The number of nitrogens with one attached hydrogen (secondary N) is 3. The van der Waals surface area contributed by atoms with Crippen molar-refractivity contribution >= 4 is 17.6 Å². The summed E-state index contributed by atoms with van der Waals surface area (Å²) in [6.45, 7) is 4.15. The number of halogens is 1. The van der Waals surface area contributed by atoms with Gasteiger partial charge in [0.15, 0.2) is 0 Å². The van der Waals surface area contributed by atoms with E-state index in [1.807, 2.05) is 6.92 Å². The maximum Gasteiger partial charge on any atom is 0.319 e. The molecule has 0 saturated heterocycles. The molecule has 0 radical (unpaired) electrons. The van der Waals surface area contributed by atoms with E-state index >= 15 is 0 Å². The Hall–Kier alpha value is -2.11. The minimum atomic E-state index is -0.541. The van der Waals surface area contributed by atoms with Gasteiger partial charge in [-0.1, -0.05) is 13.0 Å². The minimum Gasteiger partial charge on any atom is -0.355 e. The summed E-state index contributed by atoms with van der Waals surface area (Å²) in [4.78, 5) is 22.8. The van der Waals surface area contributed by atoms with Gasteiger partial charge in [-0.15, -0.1) is 0 Å². The van der Waals surface area contributed by atoms with E-state index in [1.54, 1.807) is 13.0 Å². The van der Waals surface area contributed by atoms with Gasteiger partial charge in [-0.3, -0.25) is 4.79 Å². The molecule has 0 fully saturated rings. The molecule has 6 heteroatoms. The Kier molecular flexibility index (Phi) is 5.78. The lowest BCUT2D eigenvalue weighted by atomic mass is 10.2. The second-order valence-electron chi connectivity index (χ2n) is 4.12. The molecular formula is C13H18FN3O2. The third kappa shape index (κ3) is 5.37. The van der Waals surface area contributed by atoms with Crippen LogP contribution in [0.2, 0.25) is 0 Å². The smallest absolute Gasteiger partial charge is 0.319 e. The average Bonchev–Trinajstić information content (AvgIpc) is 2.38. The summed E-state index contributed by atoms with van der Waals surface area (Å²) in [7, 11) is 0. The van der Waals surface area contributed by atoms with E-state index in [0.29, 0.717) is 12.2 Å². The molecule has 104 valence electrons. The maximum absolute atomic E-state index is 13.0. The number of hydrogen-bond donors (Lipinski definition) is 3. The van der Waals surface area contributed by atoms with Crippen LogP contribution >= 0.6 is 0 Å². The van der Waals surface area contributed by atoms with E-state index in [-0.39, 0.29) is 12.5 Å². The first-order valence-electron chi connectivity index (χ1n) is 6.10. The van der Waals surface area contributed by atoms with Crippen LogP contribution in [0, 0.1) is 12.7 Å². The molecule has 3 N–H and O–H groups in total. The van der Waals surface area contributed by atoms with Gasteiger partial charge in [0.05, 0.1) is 6.54 Å². The number of urea groups is 1. The molecular weight excluding hydrogens is 249 g/mol. The lowest BCUT2D eigenvalue weighted by Gasteiger charge is -2.10. The average molecular weight is 267 g/mol. The van der Waals surface area contributed by atoms with Gasteiger partial charge in [-0.05, 0) is 31.0 Å². The standard InChI is InChI=1S/C13H18FN3O2/c1-3-6-15-12(18)8-16-13(19)17-11-7-10(14)5-4-9(11)2/h4-5,7H,3,6,8H2,1-2H3,(H,15,18)(H2,16,17,19). The van der Waals surface area contributed by atoms with Crippen molar-refractivity contribution in [2.45, 2.75) is 20.3 Å². The molecule has 1 rings (SSSR count). The molecule has 0 bridgehead atoms. The first kappa shape index (κ1) is 14.9. The van der Waals surface area contributed by atoms with E-state index < -0.39 is 11.8 Å². The fourth-order valence-electron chi connectivity index (χ4n) is 1.38. The molecule has 0 aliphatic carbocycles. The summed E-state index contributed by atoms with van der Waals surface area (Å²) in [5.41, 5.74) is 1.12. The molecule has 1 aromatic rings. The SMILES string of the molecule is CCCNC(=O)CNC(=O)Nc1cc(F)ccc1C. The number of rotatable bonds is 5. The molecule has 0 heterocycles. The zero-order valence-electron chi connectivity index (χ0n) is 11.0. The largest absolute Gasteiger partial charge is 0.355 e. The van der Waals surface area contributed by atoms with Crippen LogP contribution in [0.1, 0.15) is 18.9 Å². The van der Waals surface area contributed by atoms with Gasteiger partial charge in [0, 0.05) is 12.2 Å². The van der Waals surface area contributed by atoms with Gasteiger partial charge >= 0.3 is 6.03 Å². The number of aryl methyl sites for hydroxylation is 1. The Labute approximate surface area is 111 Å². The highest BCUT2D eigenvalue weighted by Crippen LogP contribution is 2.15. The van der Waals surface area contributed by atoms with Gasteiger partial charge in [0.2, 0.25) is 5.91 Å². The van der Waals surface area contributed by atoms with Gasteiger partial charge in [0.1, 0.15) is 5.82 Å². The fraction of sp³-hybridized carbons (Fsp3) is 0.385. The van der Waals surface area contributed by atoms with Crippen LogP contribution in [0.15, 0.2) is 18.2 Å². The van der Waals surface area contributed by atoms with Crippen LogP contribution in [-0.2, 0) is 4.79 Å². The van der Waals surface area contributed by atoms with Crippen LogP contribution in [0.25, 0.3) is 0 Å². The lowest BCUT2D eigenvalue weighted by molar-refractivity contribution is -0.120. The van der Waals surface area contributed by atoms with Crippen LogP contribution in [0.3, 0.4) is 0 Å². The molecule has 0 unspecified atom stereocenters. The Morgan fingerprint density at radius 3 is 2.68 bits per heavy atom. The predicted molar refractivity (Wildman–Crippen MR) is 71.5 cm³/mol. The van der Waals surface area contributed by atoms with E-state index in [9.17, 15) is 14.0 Å². The zero-order valence-corrected chi connectivity index (χ0v) is 11.0. The van der Waals surface area contributed by atoms with Crippen molar-refractivity contribution in [3.05, 3.63) is 29.6 Å². The molecule has 0 spiro atoms. The molecule has 3 amide bonds. The summed E-state index contributed by atoms with van der Waals surface area (Å²) in [5, 5.41) is 7.53. The summed E-state index contributed by atoms with van der Waals surface area (Å²) >= 11 is 0. The van der Waals surface area contributed by atoms with Gasteiger partial charge in [-0.25, -0.2) is 9.18 Å². The highest BCUT2D eigenvalue weighted by atomic mass is 19.1. The summed E-state index contributed by atoms with van der Waals surface area (Å²) in [6.07, 6.45) is 0.834. The van der Waals surface area contributed by atoms with Crippen molar-refractivity contribution in [2.24, 2.45) is 0 Å². The van der Waals surface area contributed by atoms with E-state index in [1.165, 1.54) is 12.1 Å². The van der Waals surface area contributed by atoms with Gasteiger partial charge < -0.3 is 16.0 Å². The van der Waals surface area contributed by atoms with Crippen molar-refractivity contribution in [3.8, 4) is 0 Å². The molecule has 1 aromatic carbocycles. The van der Waals surface area contributed by atoms with Crippen LogP contribution in [-0.4, -0.2) is 25.0 Å². The topological polar surface area (TPSA) is 70.2 Å². The zero-order chi connectivity index (χ0) is 14.3. The lowest BCUT2D eigenvalue weighted by Crippen LogP contribution is -2.39. The second kappa shape index (κ2) is 7.35. The Bertz CT molecular complexity index is 463. The summed E-state index contributed by atoms with van der Waals surface area (Å²) in [6, 6.07) is 3.57. The van der Waals surface area contributed by atoms with Gasteiger partial charge in [-0.2, -0.15) is 0 Å². The van der Waals surface area contributed by atoms with Crippen molar-refractivity contribution in [1.29, 1.82) is 0 Å². The highest BCUT2D eigenvalue weighted by molar-refractivity contribution is 5.92. The first-order chi connectivity index (χ1) is 9.02. The normalized spacial score (nSPS) is 9.84. The van der Waals surface area contributed by atoms with Crippen molar-refractivity contribution in [1.82, 2.24) is 10.6 Å². The van der Waals surface area contributed by atoms with E-state index in [2.05, 4.69) is 16.0 Å². The number of benzene rings is 1. The third-order valence-corrected chi connectivity index (χ3v) is 2.43. The number of anilines is 1. The fourth-order valence-corrected chi connectivity index (χ4v) is 1.38. The predicted octanol–water partition coefficient (Wildman–Crippen LogP) is 1.78. The summed E-state index contributed by atoms with van der Waals surface area (Å²) < 4.78 is 13.0. The van der Waals surface area contributed by atoms with Gasteiger partial charge in [0.25, 0.3) is 0 Å². The minimum absolute atomic E-state index is 0.111. The number of carbonyl (C=O) groups is 2. The van der Waals surface area contributed by atoms with E-state index in [4.69, 9.17) is 0 Å². The Balaban J connectivity index is 2.43. The third-order valence-electron chi connectivity index (χ3n) is 2.43. The number of carbonyl (C=O) groups excluding carboxylic acids is 2. The molecule has 0 saturated carbocycles. The number of amides is 3. The first-order valence-corrected chi connectivity index (χ1v) is 6.10. The maximum atomic E-state index is 13.0. The van der Waals surface area contributed by atoms with Crippen molar-refractivity contribution in [2.75, 3.05) is 18.4 Å². The molecule has 0 atom stereocenters. The van der Waals surface area contributed by atoms with Crippen LogP contribution in [0.4, 0.5) is 14.9 Å². The van der Waals surface area contributed by atoms with Crippen LogP contribution in [0.5, 0.6) is 0 Å². The molecule has 0 aromatic heterocycles. The monoisotopic (exact) mass is 267 g/mol. The van der Waals surface area contributed by atoms with E-state index in [0.717, 1.165) is 12.0 Å². The molecule has 19 heavy (non-hydrogen) atoms. The molecule has 0 aliphatic rings. The quantitative estimate of drug-likeness (QED) is 0.761. The number of hydrogen-bond acceptors (Lipinski definition) is 2. The Morgan fingerprint density at radius 2 is 2.00 bits per heavy atom. The second-order valence-corrected chi connectivity index (χ2v) is 4.12. The highest BCUT2D eigenvalue weighted by Gasteiger charge is 2.07. The summed E-state index contributed by atoms with van der Waals surface area (Å²) in [5.74, 6) is -0.686. The molecule has 0 aliphatic heterocycles. The Morgan fingerprint density at radius 1 is 1.26 bits per heavy atom.